The van der Waals surface area contributed by atoms with Crippen molar-refractivity contribution in [3.05, 3.63) is 35.9 Å². The first-order chi connectivity index (χ1) is 48.4. The number of amides is 1. The Labute approximate surface area is 634 Å². The summed E-state index contributed by atoms with van der Waals surface area (Å²) in [6.07, 6.45) is 0.0276. The number of aliphatic carboxylic acids is 1. The van der Waals surface area contributed by atoms with Crippen molar-refractivity contribution in [1.82, 2.24) is 44.5 Å². The van der Waals surface area contributed by atoms with E-state index in [4.69, 9.17) is 37.9 Å². The van der Waals surface area contributed by atoms with Gasteiger partial charge in [-0.25, -0.2) is 0 Å². The SMILES string of the molecule is CC(C)(C)OC(=O)CN1CCN(CC(=O)OC(C)(C)C)CCN([C@H](CCC(=O)O)C(=O)OC(C)(C)C)CCN(CC(=O)OC(C)(C)C)CC1.C[C@@H](NC(=O)CC[C@H](C(=O)OC(C)(C)C)N1CCN(CC(=O)OC(C)(C)C)CCN(CC(=O)OC(C)(C)C)CCN(CC(=O)OC(C)(C)C)CC1)c1ccccc1. The Hall–Kier alpha value is -6.40. The molecule has 28 heteroatoms. The van der Waals surface area contributed by atoms with Gasteiger partial charge in [-0.3, -0.25) is 87.1 Å². The van der Waals surface area contributed by atoms with Gasteiger partial charge in [0.05, 0.1) is 45.3 Å². The number of hydrogen-bond donors (Lipinski definition) is 2. The van der Waals surface area contributed by atoms with Gasteiger partial charge < -0.3 is 48.3 Å². The Balaban J connectivity index is 0.000000729. The van der Waals surface area contributed by atoms with E-state index in [0.29, 0.717) is 105 Å². The van der Waals surface area contributed by atoms with Gasteiger partial charge >= 0.3 is 53.7 Å². The molecule has 1 amide bonds. The largest absolute Gasteiger partial charge is 0.481 e. The molecular weight excluding hydrogens is 1370 g/mol. The number of nitrogens with zero attached hydrogens (tertiary/aromatic N) is 8. The molecule has 0 radical (unpaired) electrons. The summed E-state index contributed by atoms with van der Waals surface area (Å²) in [5, 5.41) is 12.6. The second-order valence-electron chi connectivity index (χ2n) is 35.5. The summed E-state index contributed by atoms with van der Waals surface area (Å²) >= 11 is 0. The number of carboxylic acids is 1. The molecule has 3 atom stereocenters. The van der Waals surface area contributed by atoms with Gasteiger partial charge in [0, 0.05) is 118 Å². The molecule has 1 aromatic carbocycles. The van der Waals surface area contributed by atoms with E-state index in [0.717, 1.165) is 5.56 Å². The number of ether oxygens (including phenoxy) is 8. The smallest absolute Gasteiger partial charge is 0.323 e. The summed E-state index contributed by atoms with van der Waals surface area (Å²) in [7, 11) is 0. The molecule has 2 N–H and O–H groups in total. The van der Waals surface area contributed by atoms with Crippen LogP contribution in [0.15, 0.2) is 30.3 Å². The monoisotopic (exact) mass is 1500 g/mol. The maximum Gasteiger partial charge on any atom is 0.323 e. The van der Waals surface area contributed by atoms with Gasteiger partial charge in [0.2, 0.25) is 5.91 Å². The highest BCUT2D eigenvalue weighted by atomic mass is 16.6. The van der Waals surface area contributed by atoms with Crippen LogP contribution in [0.25, 0.3) is 0 Å². The van der Waals surface area contributed by atoms with Gasteiger partial charge in [-0.05, 0) is 191 Å². The fraction of sp³-hybridized carbons (Fsp3) is 0.795. The van der Waals surface area contributed by atoms with E-state index in [1.807, 2.05) is 139 Å². The Morgan fingerprint density at radius 3 is 0.745 bits per heavy atom. The molecule has 1 aromatic rings. The van der Waals surface area contributed by atoms with Crippen molar-refractivity contribution in [2.45, 2.75) is 262 Å². The predicted molar refractivity (Wildman–Crippen MR) is 405 cm³/mol. The average molecular weight is 1500 g/mol. The van der Waals surface area contributed by atoms with Crippen LogP contribution in [0.2, 0.25) is 0 Å². The van der Waals surface area contributed by atoms with Gasteiger partial charge in [0.15, 0.2) is 0 Å². The van der Waals surface area contributed by atoms with E-state index >= 15 is 0 Å². The Morgan fingerprint density at radius 1 is 0.330 bits per heavy atom. The lowest BCUT2D eigenvalue weighted by Gasteiger charge is -2.37. The van der Waals surface area contributed by atoms with Crippen molar-refractivity contribution in [2.75, 3.05) is 144 Å². The number of carbonyl (C=O) groups excluding carboxylic acids is 9. The molecule has 3 rings (SSSR count). The van der Waals surface area contributed by atoms with E-state index in [2.05, 4.69) is 5.32 Å². The van der Waals surface area contributed by atoms with Crippen LogP contribution in [-0.2, 0) is 85.8 Å². The molecule has 0 bridgehead atoms. The number of rotatable bonds is 24. The summed E-state index contributed by atoms with van der Waals surface area (Å²) in [6, 6.07) is 7.76. The Bertz CT molecular complexity index is 2840. The lowest BCUT2D eigenvalue weighted by atomic mass is 10.1. The molecule has 28 nitrogen and oxygen atoms in total. The topological polar surface area (TPSA) is 303 Å². The number of hydrogen-bond acceptors (Lipinski definition) is 26. The van der Waals surface area contributed by atoms with E-state index in [9.17, 15) is 53.1 Å². The molecule has 0 unspecified atom stereocenters. The number of carboxylic acid groups (broad SMARTS) is 1. The minimum atomic E-state index is -1.04. The molecule has 2 aliphatic heterocycles. The molecular formula is C78H137N9O19. The third-order valence-corrected chi connectivity index (χ3v) is 15.6. The molecule has 106 heavy (non-hydrogen) atoms. The van der Waals surface area contributed by atoms with Gasteiger partial charge in [-0.1, -0.05) is 30.3 Å². The maximum absolute atomic E-state index is 14.0. The summed E-state index contributed by atoms with van der Waals surface area (Å²) < 4.78 is 45.5. The average Bonchev–Trinajstić information content (AvgIpc) is 0.852. The molecule has 0 aliphatic carbocycles. The summed E-state index contributed by atoms with van der Waals surface area (Å²) in [6.45, 7) is 50.9. The van der Waals surface area contributed by atoms with Gasteiger partial charge in [-0.15, -0.1) is 0 Å². The second kappa shape index (κ2) is 43.1. The van der Waals surface area contributed by atoms with Crippen LogP contribution in [0.4, 0.5) is 0 Å². The summed E-state index contributed by atoms with van der Waals surface area (Å²) in [5.74, 6) is -4.61. The third kappa shape index (κ3) is 46.7. The highest BCUT2D eigenvalue weighted by Crippen LogP contribution is 2.22. The lowest BCUT2D eigenvalue weighted by molar-refractivity contribution is -0.164. The van der Waals surface area contributed by atoms with Crippen molar-refractivity contribution in [2.24, 2.45) is 0 Å². The highest BCUT2D eigenvalue weighted by Gasteiger charge is 2.36. The maximum atomic E-state index is 14.0. The fourth-order valence-corrected chi connectivity index (χ4v) is 11.3. The fourth-order valence-electron chi connectivity index (χ4n) is 11.3. The van der Waals surface area contributed by atoms with E-state index in [-0.39, 0.29) is 88.8 Å². The van der Waals surface area contributed by atoms with E-state index in [1.54, 1.807) is 104 Å². The van der Waals surface area contributed by atoms with Gasteiger partial charge in [0.25, 0.3) is 0 Å². The minimum absolute atomic E-state index is 0.00690. The first-order valence-corrected chi connectivity index (χ1v) is 37.5. The zero-order valence-corrected chi connectivity index (χ0v) is 69.4. The van der Waals surface area contributed by atoms with Gasteiger partial charge in [-0.2, -0.15) is 0 Å². The first kappa shape index (κ1) is 95.7. The molecule has 2 heterocycles. The van der Waals surface area contributed by atoms with Crippen LogP contribution < -0.4 is 5.32 Å². The van der Waals surface area contributed by atoms with Crippen LogP contribution >= 0.6 is 0 Å². The van der Waals surface area contributed by atoms with Crippen LogP contribution in [-0.4, -0.2) is 305 Å². The number of benzene rings is 1. The van der Waals surface area contributed by atoms with E-state index < -0.39 is 98.7 Å². The molecule has 608 valence electrons. The zero-order chi connectivity index (χ0) is 81.0. The van der Waals surface area contributed by atoms with Crippen LogP contribution in [0.5, 0.6) is 0 Å². The number of carbonyl (C=O) groups is 10. The van der Waals surface area contributed by atoms with Gasteiger partial charge in [0.1, 0.15) is 56.9 Å². The predicted octanol–water partition coefficient (Wildman–Crippen LogP) is 7.41. The van der Waals surface area contributed by atoms with Crippen LogP contribution in [0.3, 0.4) is 0 Å². The summed E-state index contributed by atoms with van der Waals surface area (Å²) in [4.78, 5) is 146. The number of nitrogens with one attached hydrogen (secondary N) is 1. The molecule has 0 saturated carbocycles. The van der Waals surface area contributed by atoms with E-state index in [1.165, 1.54) is 0 Å². The first-order valence-electron chi connectivity index (χ1n) is 37.5. The Morgan fingerprint density at radius 2 is 0.538 bits per heavy atom. The van der Waals surface area contributed by atoms with Crippen LogP contribution in [0, 0.1) is 0 Å². The highest BCUT2D eigenvalue weighted by molar-refractivity contribution is 5.80. The molecule has 2 aliphatic rings. The molecule has 2 saturated heterocycles. The van der Waals surface area contributed by atoms with Crippen molar-refractivity contribution >= 4 is 59.6 Å². The minimum Gasteiger partial charge on any atom is -0.481 e. The van der Waals surface area contributed by atoms with Crippen molar-refractivity contribution in [3.8, 4) is 0 Å². The third-order valence-electron chi connectivity index (χ3n) is 15.6. The van der Waals surface area contributed by atoms with Crippen molar-refractivity contribution in [3.63, 3.8) is 0 Å². The second-order valence-corrected chi connectivity index (χ2v) is 35.5. The summed E-state index contributed by atoms with van der Waals surface area (Å²) in [5.41, 5.74) is -4.68. The van der Waals surface area contributed by atoms with Crippen molar-refractivity contribution < 1.29 is 90.9 Å². The Kier molecular flexibility index (Phi) is 38.9. The standard InChI is InChI=1S/C43H73N5O9.C35H64N4O10/c1-32(33-17-15-14-16-18-33)44-35(49)20-19-34(39(53)57-43(11,12)13)48-27-25-46(30-37(51)55-41(5,6)7)23-21-45(29-36(50)54-40(2,3)4)22-24-47(26-28-48)31-38(52)56-42(8,9)10;1-32(2,3)46-28(42)23-36-15-17-37(24-29(43)47-33(4,5)6)19-21-39(26(13-14-27(40)41)31(45)49-35(10,11)12)22-20-38(18-16-36)25-30(44)48-34(7,8)9/h14-18,32,34H,19-31H2,1-13H3,(H,44,49);26H,13-25H2,1-12H3,(H,40,41)/t32-,34-;26-/m11/s1. The molecule has 0 aromatic heterocycles. The molecule has 2 fully saturated rings. The van der Waals surface area contributed by atoms with Crippen molar-refractivity contribution in [1.29, 1.82) is 0 Å². The number of esters is 8. The molecule has 0 spiro atoms. The zero-order valence-electron chi connectivity index (χ0n) is 69.4. The lowest BCUT2D eigenvalue weighted by Crippen LogP contribution is -2.53. The normalized spacial score (nSPS) is 17.8. The van der Waals surface area contributed by atoms with Crippen LogP contribution in [0.1, 0.15) is 210 Å². The quantitative estimate of drug-likeness (QED) is 0.0752.